The van der Waals surface area contributed by atoms with Crippen molar-refractivity contribution >= 4 is 11.9 Å². The Balaban J connectivity index is 2.15. The zero-order valence-corrected chi connectivity index (χ0v) is 8.77. The third-order valence-corrected chi connectivity index (χ3v) is 3.47. The molecule has 2 heterocycles. The highest BCUT2D eigenvalue weighted by Gasteiger charge is 2.56. The van der Waals surface area contributed by atoms with Crippen LogP contribution in [-0.2, 0) is 10.3 Å². The number of imide groups is 1. The van der Waals surface area contributed by atoms with Crippen molar-refractivity contribution in [3.05, 3.63) is 35.9 Å². The second-order valence-electron chi connectivity index (χ2n) is 4.24. The summed E-state index contributed by atoms with van der Waals surface area (Å²) in [7, 11) is 0. The van der Waals surface area contributed by atoms with E-state index in [0.717, 1.165) is 12.0 Å². The van der Waals surface area contributed by atoms with Gasteiger partial charge in [0.05, 0.1) is 0 Å². The molecule has 1 N–H and O–H groups in total. The van der Waals surface area contributed by atoms with E-state index in [2.05, 4.69) is 5.32 Å². The lowest BCUT2D eigenvalue weighted by molar-refractivity contribution is -0.126. The zero-order chi connectivity index (χ0) is 11.2. The fourth-order valence-electron chi connectivity index (χ4n) is 2.74. The standard InChI is InChI=1S/C12H12N2O2/c15-10-12(9-5-2-1-3-6-9)7-4-8-14(12)11(16)13-10/h1-3,5-6H,4,7-8H2,(H,13,15,16). The van der Waals surface area contributed by atoms with Crippen molar-refractivity contribution in [1.29, 1.82) is 0 Å². The molecule has 2 aliphatic rings. The van der Waals surface area contributed by atoms with Crippen molar-refractivity contribution < 1.29 is 9.59 Å². The lowest BCUT2D eigenvalue weighted by Crippen LogP contribution is -2.41. The van der Waals surface area contributed by atoms with Crippen molar-refractivity contribution in [2.75, 3.05) is 6.54 Å². The maximum Gasteiger partial charge on any atom is 0.325 e. The van der Waals surface area contributed by atoms with E-state index in [1.165, 1.54) is 0 Å². The highest BCUT2D eigenvalue weighted by atomic mass is 16.2. The minimum Gasteiger partial charge on any atom is -0.306 e. The number of nitrogens with zero attached hydrogens (tertiary/aromatic N) is 1. The van der Waals surface area contributed by atoms with E-state index in [-0.39, 0.29) is 11.9 Å². The van der Waals surface area contributed by atoms with Gasteiger partial charge in [0.2, 0.25) is 0 Å². The molecule has 1 aromatic carbocycles. The molecule has 0 radical (unpaired) electrons. The monoisotopic (exact) mass is 216 g/mol. The zero-order valence-electron chi connectivity index (χ0n) is 8.77. The fraction of sp³-hybridized carbons (Fsp3) is 0.333. The van der Waals surface area contributed by atoms with Crippen molar-refractivity contribution in [1.82, 2.24) is 10.2 Å². The van der Waals surface area contributed by atoms with Crippen LogP contribution in [0.25, 0.3) is 0 Å². The molecular weight excluding hydrogens is 204 g/mol. The largest absolute Gasteiger partial charge is 0.325 e. The molecule has 0 saturated carbocycles. The van der Waals surface area contributed by atoms with Crippen molar-refractivity contribution in [3.8, 4) is 0 Å². The molecule has 0 bridgehead atoms. The van der Waals surface area contributed by atoms with Gasteiger partial charge in [-0.2, -0.15) is 0 Å². The van der Waals surface area contributed by atoms with E-state index in [1.54, 1.807) is 4.90 Å². The Hall–Kier alpha value is -1.84. The van der Waals surface area contributed by atoms with Gasteiger partial charge < -0.3 is 4.90 Å². The Bertz CT molecular complexity index is 457. The SMILES string of the molecule is O=C1NC(=O)C2(c3ccccc3)CCCN12. The van der Waals surface area contributed by atoms with Gasteiger partial charge in [0.1, 0.15) is 5.54 Å². The van der Waals surface area contributed by atoms with Crippen LogP contribution in [0.2, 0.25) is 0 Å². The number of nitrogens with one attached hydrogen (secondary N) is 1. The molecule has 1 aromatic rings. The van der Waals surface area contributed by atoms with Gasteiger partial charge in [0.25, 0.3) is 5.91 Å². The first-order valence-electron chi connectivity index (χ1n) is 5.44. The predicted molar refractivity (Wildman–Crippen MR) is 57.6 cm³/mol. The first kappa shape index (κ1) is 9.39. The Kier molecular flexibility index (Phi) is 1.80. The molecule has 0 aromatic heterocycles. The average molecular weight is 216 g/mol. The van der Waals surface area contributed by atoms with Gasteiger partial charge in [-0.15, -0.1) is 0 Å². The second kappa shape index (κ2) is 3.07. The highest BCUT2D eigenvalue weighted by Crippen LogP contribution is 2.41. The molecule has 16 heavy (non-hydrogen) atoms. The van der Waals surface area contributed by atoms with E-state index in [9.17, 15) is 9.59 Å². The quantitative estimate of drug-likeness (QED) is 0.718. The molecule has 3 amide bonds. The summed E-state index contributed by atoms with van der Waals surface area (Å²) in [5.41, 5.74) is 0.175. The predicted octanol–water partition coefficient (Wildman–Crippen LogP) is 1.23. The fourth-order valence-corrected chi connectivity index (χ4v) is 2.74. The number of hydrogen-bond donors (Lipinski definition) is 1. The van der Waals surface area contributed by atoms with E-state index >= 15 is 0 Å². The summed E-state index contributed by atoms with van der Waals surface area (Å²) in [5.74, 6) is -0.179. The van der Waals surface area contributed by atoms with Gasteiger partial charge in [-0.05, 0) is 18.4 Å². The van der Waals surface area contributed by atoms with E-state index in [4.69, 9.17) is 0 Å². The number of fused-ring (bicyclic) bond motifs is 1. The van der Waals surface area contributed by atoms with Crippen molar-refractivity contribution in [2.24, 2.45) is 0 Å². The summed E-state index contributed by atoms with van der Waals surface area (Å²) in [6, 6.07) is 9.28. The molecule has 3 rings (SSSR count). The van der Waals surface area contributed by atoms with Crippen LogP contribution in [0.4, 0.5) is 4.79 Å². The van der Waals surface area contributed by atoms with Gasteiger partial charge in [-0.25, -0.2) is 4.79 Å². The van der Waals surface area contributed by atoms with Gasteiger partial charge in [-0.3, -0.25) is 10.1 Å². The van der Waals surface area contributed by atoms with E-state index in [1.807, 2.05) is 30.3 Å². The minimum atomic E-state index is -0.738. The van der Waals surface area contributed by atoms with E-state index in [0.29, 0.717) is 13.0 Å². The highest BCUT2D eigenvalue weighted by molar-refractivity contribution is 6.07. The number of benzene rings is 1. The summed E-state index contributed by atoms with van der Waals surface area (Å²) in [5, 5.41) is 2.41. The first-order chi connectivity index (χ1) is 7.75. The third kappa shape index (κ3) is 0.988. The van der Waals surface area contributed by atoms with Gasteiger partial charge >= 0.3 is 6.03 Å². The van der Waals surface area contributed by atoms with Crippen LogP contribution >= 0.6 is 0 Å². The number of hydrogen-bond acceptors (Lipinski definition) is 2. The smallest absolute Gasteiger partial charge is 0.306 e. The molecule has 82 valence electrons. The second-order valence-corrected chi connectivity index (χ2v) is 4.24. The number of carbonyl (C=O) groups is 2. The van der Waals surface area contributed by atoms with E-state index < -0.39 is 5.54 Å². The molecule has 2 aliphatic heterocycles. The van der Waals surface area contributed by atoms with Crippen LogP contribution in [0, 0.1) is 0 Å². The summed E-state index contributed by atoms with van der Waals surface area (Å²) in [6.45, 7) is 0.659. The number of urea groups is 1. The van der Waals surface area contributed by atoms with Gasteiger partial charge in [0, 0.05) is 6.54 Å². The lowest BCUT2D eigenvalue weighted by atomic mass is 9.87. The summed E-state index contributed by atoms with van der Waals surface area (Å²) in [6.07, 6.45) is 1.60. The molecule has 1 unspecified atom stereocenters. The molecule has 2 fully saturated rings. The normalized spacial score (nSPS) is 28.1. The Labute approximate surface area is 93.2 Å². The van der Waals surface area contributed by atoms with Crippen LogP contribution in [-0.4, -0.2) is 23.4 Å². The van der Waals surface area contributed by atoms with Gasteiger partial charge in [0.15, 0.2) is 0 Å². The Morgan fingerprint density at radius 2 is 1.94 bits per heavy atom. The molecule has 2 saturated heterocycles. The molecule has 1 atom stereocenters. The molecule has 4 nitrogen and oxygen atoms in total. The first-order valence-corrected chi connectivity index (χ1v) is 5.44. The molecular formula is C12H12N2O2. The number of rotatable bonds is 1. The van der Waals surface area contributed by atoms with Crippen LogP contribution in [0.1, 0.15) is 18.4 Å². The van der Waals surface area contributed by atoms with Crippen LogP contribution < -0.4 is 5.32 Å². The van der Waals surface area contributed by atoms with Crippen LogP contribution in [0.5, 0.6) is 0 Å². The molecule has 0 spiro atoms. The molecule has 4 heteroatoms. The van der Waals surface area contributed by atoms with Crippen molar-refractivity contribution in [2.45, 2.75) is 18.4 Å². The maximum atomic E-state index is 12.0. The molecule has 0 aliphatic carbocycles. The topological polar surface area (TPSA) is 49.4 Å². The average Bonchev–Trinajstić information content (AvgIpc) is 2.83. The van der Waals surface area contributed by atoms with Crippen LogP contribution in [0.15, 0.2) is 30.3 Å². The number of amides is 3. The Morgan fingerprint density at radius 1 is 1.19 bits per heavy atom. The van der Waals surface area contributed by atoms with Gasteiger partial charge in [-0.1, -0.05) is 30.3 Å². The van der Waals surface area contributed by atoms with Crippen molar-refractivity contribution in [3.63, 3.8) is 0 Å². The lowest BCUT2D eigenvalue weighted by Gasteiger charge is -2.28. The van der Waals surface area contributed by atoms with Crippen LogP contribution in [0.3, 0.4) is 0 Å². The maximum absolute atomic E-state index is 12.0. The minimum absolute atomic E-state index is 0.179. The summed E-state index contributed by atoms with van der Waals surface area (Å²) >= 11 is 0. The Morgan fingerprint density at radius 3 is 2.69 bits per heavy atom. The summed E-state index contributed by atoms with van der Waals surface area (Å²) in [4.78, 5) is 25.3. The number of carbonyl (C=O) groups excluding carboxylic acids is 2. The summed E-state index contributed by atoms with van der Waals surface area (Å²) < 4.78 is 0. The third-order valence-electron chi connectivity index (χ3n) is 3.47.